The molecule has 1 fully saturated rings. The molecule has 2 aromatic rings. The smallest absolute Gasteiger partial charge is 0.196 e. The molecule has 0 amide bonds. The zero-order valence-electron chi connectivity index (χ0n) is 15.4. The highest BCUT2D eigenvalue weighted by Gasteiger charge is 2.17. The highest BCUT2D eigenvalue weighted by molar-refractivity contribution is 5.89. The molecule has 2 heterocycles. The fourth-order valence-electron chi connectivity index (χ4n) is 2.94. The number of nitriles is 1. The number of furan rings is 1. The molecule has 0 bridgehead atoms. The summed E-state index contributed by atoms with van der Waals surface area (Å²) in [5, 5.41) is 9.57. The average Bonchev–Trinajstić information content (AvgIpc) is 3.14. The van der Waals surface area contributed by atoms with Crippen molar-refractivity contribution < 1.29 is 13.9 Å². The van der Waals surface area contributed by atoms with Crippen LogP contribution < -0.4 is 14.4 Å². The van der Waals surface area contributed by atoms with Gasteiger partial charge in [0, 0.05) is 32.2 Å². The van der Waals surface area contributed by atoms with E-state index in [2.05, 4.69) is 22.9 Å². The van der Waals surface area contributed by atoms with Gasteiger partial charge in [-0.2, -0.15) is 5.26 Å². The number of allylic oxidation sites excluding steroid dienone is 1. The number of likely N-dealkylation sites (N-methyl/N-ethyl adjacent to an activating group) is 1. The maximum atomic E-state index is 9.57. The van der Waals surface area contributed by atoms with Crippen LogP contribution in [0.25, 0.3) is 11.6 Å². The van der Waals surface area contributed by atoms with Crippen LogP contribution in [-0.4, -0.2) is 52.3 Å². The Bertz CT molecular complexity index is 827. The molecule has 0 atom stereocenters. The van der Waals surface area contributed by atoms with E-state index in [-0.39, 0.29) is 0 Å². The number of hydrogen-bond donors (Lipinski definition) is 0. The second kappa shape index (κ2) is 7.98. The number of piperazine rings is 1. The van der Waals surface area contributed by atoms with E-state index < -0.39 is 0 Å². The maximum absolute atomic E-state index is 9.57. The lowest BCUT2D eigenvalue weighted by Crippen LogP contribution is -2.44. The van der Waals surface area contributed by atoms with Gasteiger partial charge in [0.25, 0.3) is 0 Å². The van der Waals surface area contributed by atoms with E-state index in [4.69, 9.17) is 13.9 Å². The molecule has 0 spiro atoms. The van der Waals surface area contributed by atoms with Crippen molar-refractivity contribution >= 4 is 17.5 Å². The van der Waals surface area contributed by atoms with Crippen LogP contribution in [0.5, 0.6) is 11.5 Å². The molecule has 1 aliphatic rings. The van der Waals surface area contributed by atoms with Crippen LogP contribution in [0.4, 0.5) is 5.88 Å². The molecular formula is C20H23N3O3. The summed E-state index contributed by atoms with van der Waals surface area (Å²) >= 11 is 0. The molecule has 0 aliphatic carbocycles. The Kier molecular flexibility index (Phi) is 5.49. The number of hydrogen-bond acceptors (Lipinski definition) is 6. The van der Waals surface area contributed by atoms with Crippen LogP contribution in [-0.2, 0) is 0 Å². The standard InChI is InChI=1S/C20H23N3O3/c1-22-8-10-23(11-9-22)20-7-5-17(26-20)12-16(14-21)15-4-6-18(24-2)19(13-15)25-3/h4-7,12-13H,8-11H2,1-3H3/b16-12+. The van der Waals surface area contributed by atoms with Crippen LogP contribution in [0.1, 0.15) is 11.3 Å². The number of rotatable bonds is 5. The molecule has 0 saturated carbocycles. The van der Waals surface area contributed by atoms with Crippen molar-refractivity contribution in [1.29, 1.82) is 5.26 Å². The largest absolute Gasteiger partial charge is 0.493 e. The SMILES string of the molecule is COc1ccc(/C(C#N)=C/c2ccc(N3CCN(C)CC3)o2)cc1OC. The highest BCUT2D eigenvalue weighted by atomic mass is 16.5. The summed E-state index contributed by atoms with van der Waals surface area (Å²) in [6, 6.07) is 11.5. The Morgan fingerprint density at radius 3 is 2.46 bits per heavy atom. The fraction of sp³-hybridized carbons (Fsp3) is 0.350. The minimum absolute atomic E-state index is 0.505. The van der Waals surface area contributed by atoms with Gasteiger partial charge in [-0.3, -0.25) is 0 Å². The molecule has 26 heavy (non-hydrogen) atoms. The molecule has 136 valence electrons. The molecule has 1 saturated heterocycles. The van der Waals surface area contributed by atoms with Gasteiger partial charge in [-0.05, 0) is 43.0 Å². The molecule has 6 heteroatoms. The summed E-state index contributed by atoms with van der Waals surface area (Å²) in [4.78, 5) is 4.52. The quantitative estimate of drug-likeness (QED) is 0.770. The van der Waals surface area contributed by atoms with Gasteiger partial charge in [-0.1, -0.05) is 0 Å². The van der Waals surface area contributed by atoms with Gasteiger partial charge in [0.1, 0.15) is 5.76 Å². The van der Waals surface area contributed by atoms with Crippen LogP contribution in [0.15, 0.2) is 34.7 Å². The average molecular weight is 353 g/mol. The van der Waals surface area contributed by atoms with Crippen molar-refractivity contribution in [3.05, 3.63) is 41.7 Å². The summed E-state index contributed by atoms with van der Waals surface area (Å²) in [5.74, 6) is 2.71. The van der Waals surface area contributed by atoms with Crippen LogP contribution in [0.2, 0.25) is 0 Å². The van der Waals surface area contributed by atoms with Crippen molar-refractivity contribution in [3.63, 3.8) is 0 Å². The normalized spacial score (nSPS) is 15.6. The second-order valence-corrected chi connectivity index (χ2v) is 6.21. The van der Waals surface area contributed by atoms with Crippen LogP contribution in [0.3, 0.4) is 0 Å². The third-order valence-electron chi connectivity index (χ3n) is 4.53. The topological polar surface area (TPSA) is 61.9 Å². The number of methoxy groups -OCH3 is 2. The van der Waals surface area contributed by atoms with Gasteiger partial charge in [0.2, 0.25) is 0 Å². The van der Waals surface area contributed by atoms with Gasteiger partial charge < -0.3 is 23.7 Å². The highest BCUT2D eigenvalue weighted by Crippen LogP contribution is 2.31. The third-order valence-corrected chi connectivity index (χ3v) is 4.53. The Morgan fingerprint density at radius 2 is 1.81 bits per heavy atom. The number of benzene rings is 1. The molecule has 0 N–H and O–H groups in total. The van der Waals surface area contributed by atoms with Crippen LogP contribution in [0, 0.1) is 11.3 Å². The molecule has 1 aliphatic heterocycles. The van der Waals surface area contributed by atoms with E-state index in [0.29, 0.717) is 22.8 Å². The monoisotopic (exact) mass is 353 g/mol. The van der Waals surface area contributed by atoms with Gasteiger partial charge in [-0.25, -0.2) is 0 Å². The number of nitrogens with zero attached hydrogens (tertiary/aromatic N) is 3. The van der Waals surface area contributed by atoms with Crippen molar-refractivity contribution in [1.82, 2.24) is 4.90 Å². The summed E-state index contributed by atoms with van der Waals surface area (Å²) in [5.41, 5.74) is 1.26. The predicted molar refractivity (Wildman–Crippen MR) is 101 cm³/mol. The third kappa shape index (κ3) is 3.84. The minimum atomic E-state index is 0.505. The first-order valence-electron chi connectivity index (χ1n) is 8.52. The fourth-order valence-corrected chi connectivity index (χ4v) is 2.94. The Labute approximate surface area is 153 Å². The predicted octanol–water partition coefficient (Wildman–Crippen LogP) is 3.11. The second-order valence-electron chi connectivity index (χ2n) is 6.21. The Hall–Kier alpha value is -2.91. The van der Waals surface area contributed by atoms with Crippen molar-refractivity contribution in [2.24, 2.45) is 0 Å². The Morgan fingerprint density at radius 1 is 1.08 bits per heavy atom. The zero-order valence-corrected chi connectivity index (χ0v) is 15.4. The molecular weight excluding hydrogens is 330 g/mol. The van der Waals surface area contributed by atoms with Crippen molar-refractivity contribution in [2.75, 3.05) is 52.3 Å². The van der Waals surface area contributed by atoms with E-state index in [1.807, 2.05) is 18.2 Å². The zero-order chi connectivity index (χ0) is 18.5. The number of anilines is 1. The summed E-state index contributed by atoms with van der Waals surface area (Å²) < 4.78 is 16.5. The van der Waals surface area contributed by atoms with E-state index in [1.54, 1.807) is 32.4 Å². The van der Waals surface area contributed by atoms with E-state index in [9.17, 15) is 5.26 Å². The first kappa shape index (κ1) is 17.9. The molecule has 3 rings (SSSR count). The minimum Gasteiger partial charge on any atom is -0.493 e. The Balaban J connectivity index is 1.83. The first-order chi connectivity index (χ1) is 12.6. The maximum Gasteiger partial charge on any atom is 0.196 e. The van der Waals surface area contributed by atoms with Crippen molar-refractivity contribution in [2.45, 2.75) is 0 Å². The summed E-state index contributed by atoms with van der Waals surface area (Å²) in [6.45, 7) is 3.91. The molecule has 0 unspecified atom stereocenters. The number of ether oxygens (including phenoxy) is 2. The molecule has 1 aromatic carbocycles. The summed E-state index contributed by atoms with van der Waals surface area (Å²) in [6.07, 6.45) is 1.75. The van der Waals surface area contributed by atoms with Gasteiger partial charge >= 0.3 is 0 Å². The summed E-state index contributed by atoms with van der Waals surface area (Å²) in [7, 11) is 5.28. The van der Waals surface area contributed by atoms with Crippen molar-refractivity contribution in [3.8, 4) is 17.6 Å². The van der Waals surface area contributed by atoms with Gasteiger partial charge in [0.15, 0.2) is 17.4 Å². The lowest BCUT2D eigenvalue weighted by atomic mass is 10.1. The lowest BCUT2D eigenvalue weighted by Gasteiger charge is -2.32. The van der Waals surface area contributed by atoms with E-state index >= 15 is 0 Å². The van der Waals surface area contributed by atoms with Gasteiger partial charge in [0.05, 0.1) is 25.9 Å². The first-order valence-corrected chi connectivity index (χ1v) is 8.52. The molecule has 1 aromatic heterocycles. The van der Waals surface area contributed by atoms with Crippen LogP contribution >= 0.6 is 0 Å². The van der Waals surface area contributed by atoms with E-state index in [1.165, 1.54) is 0 Å². The lowest BCUT2D eigenvalue weighted by molar-refractivity contribution is 0.306. The molecule has 0 radical (unpaired) electrons. The molecule has 6 nitrogen and oxygen atoms in total. The van der Waals surface area contributed by atoms with E-state index in [0.717, 1.165) is 37.6 Å². The van der Waals surface area contributed by atoms with Gasteiger partial charge in [-0.15, -0.1) is 0 Å².